The number of rotatable bonds is 4. The van der Waals surface area contributed by atoms with Gasteiger partial charge in [-0.2, -0.15) is 0 Å². The van der Waals surface area contributed by atoms with E-state index in [9.17, 15) is 0 Å². The van der Waals surface area contributed by atoms with E-state index in [4.69, 9.17) is 0 Å². The molecule has 3 nitrogen and oxygen atoms in total. The Morgan fingerprint density at radius 2 is 0.741 bits per heavy atom. The van der Waals surface area contributed by atoms with Crippen LogP contribution < -0.4 is 9.34 Å². The summed E-state index contributed by atoms with van der Waals surface area (Å²) in [7, 11) is -2.11. The minimum Gasteiger partial charge on any atom is -0.140 e. The van der Waals surface area contributed by atoms with Crippen molar-refractivity contribution in [1.29, 1.82) is 0 Å². The van der Waals surface area contributed by atoms with Crippen LogP contribution in [0.5, 0.6) is 0 Å². The Morgan fingerprint density at radius 3 is 1.06 bits per heavy atom. The molecule has 278 valence electrons. The second kappa shape index (κ2) is 13.4. The van der Waals surface area contributed by atoms with E-state index in [1.807, 2.05) is 0 Å². The summed E-state index contributed by atoms with van der Waals surface area (Å²) in [4.78, 5) is 0. The highest BCUT2D eigenvalue weighted by Crippen LogP contribution is 2.56. The van der Waals surface area contributed by atoms with Crippen LogP contribution in [-0.4, -0.2) is 0 Å². The predicted molar refractivity (Wildman–Crippen MR) is 235 cm³/mol. The zero-order valence-corrected chi connectivity index (χ0v) is 35.5. The van der Waals surface area contributed by atoms with Gasteiger partial charge in [-0.3, -0.25) is 0 Å². The molecule has 0 unspecified atom stereocenters. The first-order chi connectivity index (χ1) is 25.2. The Hall–Kier alpha value is -4.46. The molecular formula is C50H58N2OP+. The lowest BCUT2D eigenvalue weighted by Gasteiger charge is -2.27. The van der Waals surface area contributed by atoms with Gasteiger partial charge in [-0.05, 0) is 93.3 Å². The lowest BCUT2D eigenvalue weighted by Crippen LogP contribution is -2.25. The number of hydrogen-bond donors (Lipinski definition) is 0. The van der Waals surface area contributed by atoms with Gasteiger partial charge in [-0.25, -0.2) is 0 Å². The van der Waals surface area contributed by atoms with E-state index in [1.165, 1.54) is 54.9 Å². The molecule has 0 radical (unpaired) electrons. The molecule has 1 aliphatic rings. The summed E-state index contributed by atoms with van der Waals surface area (Å²) in [6, 6.07) is 40.3. The van der Waals surface area contributed by atoms with Crippen molar-refractivity contribution in [3.8, 4) is 11.1 Å². The first kappa shape index (κ1) is 37.8. The number of hydrogen-bond acceptors (Lipinski definition) is 1. The van der Waals surface area contributed by atoms with Gasteiger partial charge in [0.2, 0.25) is 0 Å². The van der Waals surface area contributed by atoms with Gasteiger partial charge < -0.3 is 0 Å². The maximum Gasteiger partial charge on any atom is 0.596 e. The number of anilines is 2. The van der Waals surface area contributed by atoms with Crippen molar-refractivity contribution < 1.29 is 4.57 Å². The van der Waals surface area contributed by atoms with Gasteiger partial charge >= 0.3 is 8.10 Å². The van der Waals surface area contributed by atoms with Crippen LogP contribution in [0.1, 0.15) is 116 Å². The van der Waals surface area contributed by atoms with Crippen molar-refractivity contribution in [3.63, 3.8) is 0 Å². The molecule has 54 heavy (non-hydrogen) atoms. The smallest absolute Gasteiger partial charge is 0.140 e. The van der Waals surface area contributed by atoms with Crippen molar-refractivity contribution in [3.05, 3.63) is 143 Å². The highest BCUT2D eigenvalue weighted by atomic mass is 31.1. The van der Waals surface area contributed by atoms with Crippen LogP contribution in [0, 0.1) is 0 Å². The third-order valence-electron chi connectivity index (χ3n) is 11.1. The third kappa shape index (κ3) is 7.21. The fourth-order valence-corrected chi connectivity index (χ4v) is 9.26. The average Bonchev–Trinajstić information content (AvgIpc) is 3.19. The zero-order chi connectivity index (χ0) is 39.0. The van der Waals surface area contributed by atoms with E-state index in [-0.39, 0.29) is 21.7 Å². The lowest BCUT2D eigenvalue weighted by atomic mass is 9.79. The minimum absolute atomic E-state index is 0.0326. The minimum atomic E-state index is -2.11. The number of benzene rings is 6. The van der Waals surface area contributed by atoms with Crippen molar-refractivity contribution >= 4 is 41.0 Å². The zero-order valence-electron chi connectivity index (χ0n) is 34.6. The van der Waals surface area contributed by atoms with E-state index in [1.54, 1.807) is 0 Å². The molecule has 0 spiro atoms. The van der Waals surface area contributed by atoms with Crippen molar-refractivity contribution in [1.82, 2.24) is 0 Å². The van der Waals surface area contributed by atoms with Crippen molar-refractivity contribution in [2.24, 2.45) is 0 Å². The summed E-state index contributed by atoms with van der Waals surface area (Å²) in [5, 5.41) is 4.70. The molecule has 6 aromatic carbocycles. The van der Waals surface area contributed by atoms with E-state index >= 15 is 4.57 Å². The third-order valence-corrected chi connectivity index (χ3v) is 12.7. The van der Waals surface area contributed by atoms with Crippen LogP contribution in [-0.2, 0) is 39.3 Å². The summed E-state index contributed by atoms with van der Waals surface area (Å²) in [5.41, 5.74) is 11.7. The largest absolute Gasteiger partial charge is 0.596 e. The molecule has 0 aliphatic carbocycles. The fraction of sp³-hybridized carbons (Fsp3) is 0.360. The molecule has 0 fully saturated rings. The van der Waals surface area contributed by atoms with Gasteiger partial charge in [-0.1, -0.05) is 180 Å². The molecule has 0 aromatic heterocycles. The van der Waals surface area contributed by atoms with E-state index < -0.39 is 8.10 Å². The molecule has 1 heterocycles. The second-order valence-electron chi connectivity index (χ2n) is 19.6. The Balaban J connectivity index is 1.52. The molecule has 0 saturated carbocycles. The van der Waals surface area contributed by atoms with Crippen molar-refractivity contribution in [2.45, 2.75) is 118 Å². The molecule has 7 rings (SSSR count). The van der Waals surface area contributed by atoms with E-state index in [2.05, 4.69) is 202 Å². The summed E-state index contributed by atoms with van der Waals surface area (Å²) >= 11 is 0. The monoisotopic (exact) mass is 733 g/mol. The highest BCUT2D eigenvalue weighted by molar-refractivity contribution is 7.48. The first-order valence-electron chi connectivity index (χ1n) is 19.6. The van der Waals surface area contributed by atoms with Crippen LogP contribution in [0.4, 0.5) is 11.4 Å². The van der Waals surface area contributed by atoms with Crippen molar-refractivity contribution in [2.75, 3.05) is 9.34 Å². The molecule has 4 heteroatoms. The Kier molecular flexibility index (Phi) is 9.38. The van der Waals surface area contributed by atoms with Gasteiger partial charge in [0.25, 0.3) is 0 Å². The second-order valence-corrected chi connectivity index (χ2v) is 21.0. The first-order valence-corrected chi connectivity index (χ1v) is 20.7. The number of fused-ring (bicyclic) bond motifs is 7. The number of nitrogens with zero attached hydrogens (tertiary/aromatic N) is 2. The average molecular weight is 734 g/mol. The summed E-state index contributed by atoms with van der Waals surface area (Å²) < 4.78 is 20.3. The molecule has 0 saturated heterocycles. The Labute approximate surface area is 325 Å². The van der Waals surface area contributed by atoms with E-state index in [0.29, 0.717) is 13.1 Å². The Bertz CT molecular complexity index is 2180. The lowest BCUT2D eigenvalue weighted by molar-refractivity contribution is 0.566. The maximum atomic E-state index is 15.9. The van der Waals surface area contributed by atoms with Gasteiger partial charge in [0.15, 0.2) is 0 Å². The van der Waals surface area contributed by atoms with Gasteiger partial charge in [0, 0.05) is 11.1 Å². The highest BCUT2D eigenvalue weighted by Gasteiger charge is 2.44. The molecular weight excluding hydrogens is 676 g/mol. The standard InChI is InChI=1S/C50H58N2OP/c1-47(2,3)37-25-33(26-38(29-37)48(4,5)6)31-51-43-23-21-35-17-13-15-19-41(35)45(43)46-42-20-16-14-18-36(42)22-24-44(46)52(54(51)53)32-34-27-39(49(7,8)9)30-40(28-34)50(10,11)12/h13-30H,31-32H2,1-12H3/q+1. The summed E-state index contributed by atoms with van der Waals surface area (Å²) in [5.74, 6) is 0. The van der Waals surface area contributed by atoms with Gasteiger partial charge in [0.1, 0.15) is 0 Å². The van der Waals surface area contributed by atoms with Crippen LogP contribution in [0.25, 0.3) is 32.7 Å². The topological polar surface area (TPSA) is 23.6 Å². The van der Waals surface area contributed by atoms with Crippen LogP contribution in [0.15, 0.2) is 109 Å². The molecule has 0 N–H and O–H groups in total. The molecule has 0 bridgehead atoms. The Morgan fingerprint density at radius 1 is 0.426 bits per heavy atom. The normalized spacial score (nSPS) is 14.0. The van der Waals surface area contributed by atoms with Crippen LogP contribution in [0.2, 0.25) is 0 Å². The van der Waals surface area contributed by atoms with E-state index in [0.717, 1.165) is 22.5 Å². The summed E-state index contributed by atoms with van der Waals surface area (Å²) in [6.45, 7) is 28.5. The van der Waals surface area contributed by atoms with Gasteiger partial charge in [0.05, 0.1) is 24.5 Å². The molecule has 0 atom stereocenters. The quantitative estimate of drug-likeness (QED) is 0.169. The summed E-state index contributed by atoms with van der Waals surface area (Å²) in [6.07, 6.45) is 0. The van der Waals surface area contributed by atoms with Crippen LogP contribution >= 0.6 is 8.10 Å². The SMILES string of the molecule is CC(C)(C)c1cc(CN2c3ccc4ccccc4c3-c3c(ccc4ccccc34)N(Cc3cc(C(C)(C)C)cc(C(C)(C)C)c3)[P+]2=O)cc(C(C)(C)C)c1. The maximum absolute atomic E-state index is 15.9. The fourth-order valence-electron chi connectivity index (χ4n) is 7.73. The van der Waals surface area contributed by atoms with Gasteiger partial charge in [-0.15, -0.1) is 9.34 Å². The van der Waals surface area contributed by atoms with Crippen LogP contribution in [0.3, 0.4) is 0 Å². The predicted octanol–water partition coefficient (Wildman–Crippen LogP) is 14.5. The molecule has 0 amide bonds. The molecule has 6 aromatic rings. The molecule has 1 aliphatic heterocycles.